The second-order valence-corrected chi connectivity index (χ2v) is 2.72. The summed E-state index contributed by atoms with van der Waals surface area (Å²) in [5, 5.41) is 0. The largest absolute Gasteiger partial charge is 0.576 e. The summed E-state index contributed by atoms with van der Waals surface area (Å²) in [7, 11) is 5.06. The molecular weight excluding hydrogens is 131 g/mol. The Bertz CT molecular complexity index is 30.2. The van der Waals surface area contributed by atoms with Crippen LogP contribution in [-0.4, -0.2) is 45.0 Å². The molecule has 0 rings (SSSR count). The lowest BCUT2D eigenvalue weighted by atomic mass is 10.8. The summed E-state index contributed by atoms with van der Waals surface area (Å²) in [5.41, 5.74) is 0. The van der Waals surface area contributed by atoms with E-state index in [1.54, 1.807) is 7.11 Å². The van der Waals surface area contributed by atoms with Gasteiger partial charge in [-0.25, -0.2) is 0 Å². The molecule has 0 heterocycles. The molecule has 0 saturated heterocycles. The van der Waals surface area contributed by atoms with Crippen LogP contribution in [0.3, 0.4) is 0 Å². The summed E-state index contributed by atoms with van der Waals surface area (Å²) >= 11 is 0.750. The SMILES string of the molecule is [CH2-][OH+]CC[OH+]C.[CH3][Al-][CH3]. The smallest absolute Gasteiger partial charge is 0.211 e. The zero-order valence-electron chi connectivity index (χ0n) is 6.59. The van der Waals surface area contributed by atoms with Crippen molar-refractivity contribution in [2.24, 2.45) is 0 Å². The number of aliphatic hydroxyl groups is 4. The van der Waals surface area contributed by atoms with Crippen molar-refractivity contribution in [2.45, 2.75) is 11.6 Å². The molecule has 0 fully saturated rings. The lowest BCUT2D eigenvalue weighted by Crippen LogP contribution is -2.02. The molecule has 0 aliphatic heterocycles. The molecule has 0 spiro atoms. The number of hydrogen-bond acceptors (Lipinski definition) is 0. The van der Waals surface area contributed by atoms with Crippen molar-refractivity contribution < 1.29 is 9.47 Å². The lowest BCUT2D eigenvalue weighted by Gasteiger charge is -1.92. The predicted molar refractivity (Wildman–Crippen MR) is 42.9 cm³/mol. The summed E-state index contributed by atoms with van der Waals surface area (Å²) in [6, 6.07) is 0. The first-order valence-electron chi connectivity index (χ1n) is 3.05. The van der Waals surface area contributed by atoms with Gasteiger partial charge in [-0.05, 0) is 0 Å². The Labute approximate surface area is 64.3 Å². The van der Waals surface area contributed by atoms with Gasteiger partial charge in [0.05, 0.1) is 0 Å². The normalized spacial score (nSPS) is 8.00. The summed E-state index contributed by atoms with van der Waals surface area (Å²) in [6.45, 7) is 1.57. The van der Waals surface area contributed by atoms with Gasteiger partial charge in [0.15, 0.2) is 6.61 Å². The molecule has 3 heteroatoms. The van der Waals surface area contributed by atoms with E-state index >= 15 is 0 Å². The molecule has 0 atom stereocenters. The fourth-order valence-electron chi connectivity index (χ4n) is 0.171. The van der Waals surface area contributed by atoms with E-state index in [9.17, 15) is 0 Å². The van der Waals surface area contributed by atoms with Gasteiger partial charge in [0, 0.05) is 0 Å². The Kier molecular flexibility index (Phi) is 21.3. The molecule has 0 unspecified atom stereocenters. The van der Waals surface area contributed by atoms with Crippen LogP contribution in [0.25, 0.3) is 0 Å². The molecule has 0 amide bonds. The molecule has 2 radical (unpaired) electrons. The Hall–Kier alpha value is 0.452. The van der Waals surface area contributed by atoms with Gasteiger partial charge in [-0.2, -0.15) is 0 Å². The van der Waals surface area contributed by atoms with E-state index < -0.39 is 0 Å². The molecule has 0 aromatic carbocycles. The molecule has 0 bridgehead atoms. The third-order valence-electron chi connectivity index (χ3n) is 0.482. The summed E-state index contributed by atoms with van der Waals surface area (Å²) in [4.78, 5) is 0. The van der Waals surface area contributed by atoms with E-state index in [-0.39, 0.29) is 0 Å². The highest BCUT2D eigenvalue weighted by Gasteiger charge is 1.79. The molecule has 56 valence electrons. The van der Waals surface area contributed by atoms with Gasteiger partial charge in [0.2, 0.25) is 6.61 Å². The zero-order valence-corrected chi connectivity index (χ0v) is 7.75. The number of hydrogen-bond donors (Lipinski definition) is 0. The number of rotatable bonds is 3. The highest BCUT2D eigenvalue weighted by atomic mass is 27.1. The fraction of sp³-hybridized carbons (Fsp3) is 0.833. The third kappa shape index (κ3) is 29.5. The van der Waals surface area contributed by atoms with Gasteiger partial charge >= 0.3 is 0 Å². The van der Waals surface area contributed by atoms with Gasteiger partial charge in [-0.1, -0.05) is 7.11 Å². The van der Waals surface area contributed by atoms with Crippen LogP contribution >= 0.6 is 0 Å². The lowest BCUT2D eigenvalue weighted by molar-refractivity contribution is -0.0590. The molecular formula is C6H17AlO2. The van der Waals surface area contributed by atoms with Crippen molar-refractivity contribution in [1.29, 1.82) is 0 Å². The van der Waals surface area contributed by atoms with Crippen LogP contribution in [0.4, 0.5) is 0 Å². The van der Waals surface area contributed by atoms with Gasteiger partial charge in [-0.3, -0.25) is 26.8 Å². The van der Waals surface area contributed by atoms with Crippen LogP contribution in [0.2, 0.25) is 11.6 Å². The molecule has 0 saturated carbocycles. The molecule has 9 heavy (non-hydrogen) atoms. The first-order chi connectivity index (χ1) is 4.33. The van der Waals surface area contributed by atoms with E-state index in [0.29, 0.717) is 0 Å². The van der Waals surface area contributed by atoms with Crippen LogP contribution < -0.4 is 0 Å². The summed E-state index contributed by atoms with van der Waals surface area (Å²) in [6.07, 6.45) is 0. The summed E-state index contributed by atoms with van der Waals surface area (Å²) in [5.74, 6) is 4.42. The molecule has 2 nitrogen and oxygen atoms in total. The van der Waals surface area contributed by atoms with Crippen molar-refractivity contribution in [3.63, 3.8) is 0 Å². The van der Waals surface area contributed by atoms with Gasteiger partial charge in [-0.15, -0.1) is 0 Å². The summed E-state index contributed by atoms with van der Waals surface area (Å²) < 4.78 is 7.37. The maximum absolute atomic E-state index is 3.79. The van der Waals surface area contributed by atoms with Crippen LogP contribution in [0.5, 0.6) is 0 Å². The minimum Gasteiger partial charge on any atom is -0.576 e. The predicted octanol–water partition coefficient (Wildman–Crippen LogP) is 0.251. The quantitative estimate of drug-likeness (QED) is 0.237. The monoisotopic (exact) mass is 148 g/mol. The average Bonchev–Trinajstić information content (AvgIpc) is 1.86. The van der Waals surface area contributed by atoms with Crippen molar-refractivity contribution >= 4 is 15.2 Å². The van der Waals surface area contributed by atoms with Crippen LogP contribution in [0.1, 0.15) is 0 Å². The van der Waals surface area contributed by atoms with Gasteiger partial charge in [0.25, 0.3) is 0 Å². The highest BCUT2D eigenvalue weighted by molar-refractivity contribution is 6.31. The van der Waals surface area contributed by atoms with E-state index in [1.807, 2.05) is 0 Å². The van der Waals surface area contributed by atoms with E-state index in [0.717, 1.165) is 28.4 Å². The highest BCUT2D eigenvalue weighted by Crippen LogP contribution is 1.59. The van der Waals surface area contributed by atoms with Gasteiger partial charge < -0.3 is 9.47 Å². The number of ether oxygens (including phenoxy) is 2. The Morgan fingerprint density at radius 3 is 1.89 bits per heavy atom. The van der Waals surface area contributed by atoms with Crippen LogP contribution in [-0.2, 0) is 0 Å². The van der Waals surface area contributed by atoms with Crippen molar-refractivity contribution in [2.75, 3.05) is 20.3 Å². The fourth-order valence-corrected chi connectivity index (χ4v) is 0.171. The zero-order chi connectivity index (χ0) is 7.54. The Morgan fingerprint density at radius 1 is 1.33 bits per heavy atom. The maximum atomic E-state index is 3.79. The molecule has 0 aliphatic rings. The second-order valence-electron chi connectivity index (χ2n) is 1.56. The van der Waals surface area contributed by atoms with E-state index in [1.165, 1.54) is 0 Å². The molecule has 2 N–H and O–H groups in total. The average molecular weight is 148 g/mol. The van der Waals surface area contributed by atoms with Crippen LogP contribution in [0, 0.1) is 7.11 Å². The standard InChI is InChI=1S/C4H10O2.2CH3.Al/c1-5-3-4-6-2;;;/h5H,1,3-4H2,2H3;2*1H3;/q;;;-1/p+1. The minimum absolute atomic E-state index is 0.750. The minimum atomic E-state index is 0.750. The van der Waals surface area contributed by atoms with Crippen molar-refractivity contribution in [1.82, 2.24) is 0 Å². The van der Waals surface area contributed by atoms with Crippen molar-refractivity contribution in [3.8, 4) is 0 Å². The topological polar surface area (TPSA) is 25.6 Å². The van der Waals surface area contributed by atoms with Crippen molar-refractivity contribution in [3.05, 3.63) is 7.11 Å². The first kappa shape index (κ1) is 12.2. The molecule has 0 aliphatic carbocycles. The third-order valence-corrected chi connectivity index (χ3v) is 0.482. The maximum Gasteiger partial charge on any atom is 0.211 e. The first-order valence-corrected chi connectivity index (χ1v) is 5.36. The second kappa shape index (κ2) is 15.8. The molecule has 0 aromatic heterocycles. The molecule has 0 aromatic rings. The van der Waals surface area contributed by atoms with E-state index in [4.69, 9.17) is 0 Å². The van der Waals surface area contributed by atoms with Crippen LogP contribution in [0.15, 0.2) is 0 Å². The van der Waals surface area contributed by atoms with Gasteiger partial charge in [0.1, 0.15) is 7.11 Å². The Balaban J connectivity index is 0. The Morgan fingerprint density at radius 2 is 1.78 bits per heavy atom. The van der Waals surface area contributed by atoms with E-state index in [2.05, 4.69) is 28.2 Å².